The Morgan fingerprint density at radius 1 is 0.886 bits per heavy atom. The van der Waals surface area contributed by atoms with Crippen molar-refractivity contribution in [2.75, 3.05) is 18.6 Å². The Bertz CT molecular complexity index is 775. The summed E-state index contributed by atoms with van der Waals surface area (Å²) in [5.41, 5.74) is 21.7. The van der Waals surface area contributed by atoms with Crippen LogP contribution in [0.15, 0.2) is 4.99 Å². The van der Waals surface area contributed by atoms with E-state index in [4.69, 9.17) is 22.9 Å². The van der Waals surface area contributed by atoms with Gasteiger partial charge in [-0.1, -0.05) is 13.8 Å². The highest BCUT2D eigenvalue weighted by Crippen LogP contribution is 2.06. The monoisotopic (exact) mass is 518 g/mol. The summed E-state index contributed by atoms with van der Waals surface area (Å²) in [6.07, 6.45) is 1.73. The minimum atomic E-state index is -1.45. The van der Waals surface area contributed by atoms with Crippen molar-refractivity contribution in [2.45, 2.75) is 63.7 Å². The van der Waals surface area contributed by atoms with Crippen LogP contribution in [-0.2, 0) is 24.0 Å². The smallest absolute Gasteiger partial charge is 0.326 e. The number of thioether (sulfide) groups is 1. The molecule has 0 saturated heterocycles. The van der Waals surface area contributed by atoms with Gasteiger partial charge in [-0.2, -0.15) is 11.8 Å². The molecule has 0 aliphatic carbocycles. The number of primary amides is 1. The summed E-state index contributed by atoms with van der Waals surface area (Å²) in [6, 6.07) is -4.69. The van der Waals surface area contributed by atoms with Gasteiger partial charge in [0.25, 0.3) is 0 Å². The van der Waals surface area contributed by atoms with E-state index in [1.807, 2.05) is 0 Å². The van der Waals surface area contributed by atoms with Crippen LogP contribution >= 0.6 is 11.8 Å². The molecule has 35 heavy (non-hydrogen) atoms. The first kappa shape index (κ1) is 31.9. The summed E-state index contributed by atoms with van der Waals surface area (Å²) in [7, 11) is 0. The van der Waals surface area contributed by atoms with E-state index in [0.717, 1.165) is 0 Å². The fourth-order valence-electron chi connectivity index (χ4n) is 2.79. The molecule has 4 unspecified atom stereocenters. The average Bonchev–Trinajstić information content (AvgIpc) is 2.76. The van der Waals surface area contributed by atoms with Crippen LogP contribution in [-0.4, -0.2) is 83.4 Å². The second-order valence-corrected chi connectivity index (χ2v) is 9.18. The molecule has 4 atom stereocenters. The maximum Gasteiger partial charge on any atom is 0.326 e. The van der Waals surface area contributed by atoms with Gasteiger partial charge in [-0.25, -0.2) is 4.79 Å². The van der Waals surface area contributed by atoms with E-state index in [0.29, 0.717) is 12.2 Å². The highest BCUT2D eigenvalue weighted by molar-refractivity contribution is 7.98. The zero-order chi connectivity index (χ0) is 27.1. The number of guanidine groups is 1. The first-order valence-corrected chi connectivity index (χ1v) is 12.4. The fourth-order valence-corrected chi connectivity index (χ4v) is 3.26. The van der Waals surface area contributed by atoms with Gasteiger partial charge in [-0.15, -0.1) is 0 Å². The number of aliphatic imine (C=N–C) groups is 1. The third-order valence-electron chi connectivity index (χ3n) is 4.86. The lowest BCUT2D eigenvalue weighted by Crippen LogP contribution is -2.58. The number of hydrogen-bond acceptors (Lipinski definition) is 8. The highest BCUT2D eigenvalue weighted by atomic mass is 32.2. The van der Waals surface area contributed by atoms with E-state index >= 15 is 0 Å². The summed E-state index contributed by atoms with van der Waals surface area (Å²) < 4.78 is 0. The zero-order valence-corrected chi connectivity index (χ0v) is 21.1. The van der Waals surface area contributed by atoms with Crippen LogP contribution in [0.2, 0.25) is 0 Å². The second-order valence-electron chi connectivity index (χ2n) is 8.19. The number of carboxylic acids is 1. The SMILES string of the molecule is CSCCC(NC(=O)C(CC(N)=O)NC(=O)C(CCCN=C(N)N)NC(=O)C(N)C(C)C)C(=O)O. The molecule has 0 heterocycles. The van der Waals surface area contributed by atoms with Crippen LogP contribution in [0.4, 0.5) is 0 Å². The summed E-state index contributed by atoms with van der Waals surface area (Å²) in [4.78, 5) is 65.0. The predicted molar refractivity (Wildman–Crippen MR) is 133 cm³/mol. The maximum atomic E-state index is 13.0. The summed E-state index contributed by atoms with van der Waals surface area (Å²) in [6.45, 7) is 3.65. The molecular weight excluding hydrogens is 480 g/mol. The van der Waals surface area contributed by atoms with Gasteiger partial charge >= 0.3 is 5.97 Å². The molecule has 0 saturated carbocycles. The van der Waals surface area contributed by atoms with Crippen molar-refractivity contribution in [3.05, 3.63) is 0 Å². The van der Waals surface area contributed by atoms with E-state index in [1.54, 1.807) is 20.1 Å². The number of nitrogens with two attached hydrogens (primary N) is 4. The van der Waals surface area contributed by atoms with Crippen LogP contribution in [0.25, 0.3) is 0 Å². The van der Waals surface area contributed by atoms with Crippen molar-refractivity contribution >= 4 is 47.3 Å². The van der Waals surface area contributed by atoms with Crippen molar-refractivity contribution < 1.29 is 29.1 Å². The Hall–Kier alpha value is -3.07. The molecule has 0 rings (SSSR count). The molecule has 0 radical (unpaired) electrons. The standard InChI is InChI=1S/C20H38N8O6S/c1-10(2)15(22)18(32)26-11(5-4-7-25-20(23)24)16(30)28-13(9-14(21)29)17(31)27-12(19(33)34)6-8-35-3/h10-13,15H,4-9,22H2,1-3H3,(H2,21,29)(H,26,32)(H,27,31)(H,28,30)(H,33,34)(H4,23,24,25). The largest absolute Gasteiger partial charge is 0.480 e. The van der Waals surface area contributed by atoms with Gasteiger partial charge in [0.2, 0.25) is 23.6 Å². The maximum absolute atomic E-state index is 13.0. The van der Waals surface area contributed by atoms with Gasteiger partial charge in [0.05, 0.1) is 12.5 Å². The van der Waals surface area contributed by atoms with Crippen LogP contribution in [0.1, 0.15) is 39.5 Å². The Morgan fingerprint density at radius 2 is 1.43 bits per heavy atom. The lowest BCUT2D eigenvalue weighted by Gasteiger charge is -2.25. The minimum absolute atomic E-state index is 0.0928. The normalized spacial score (nSPS) is 14.2. The van der Waals surface area contributed by atoms with E-state index in [1.165, 1.54) is 11.8 Å². The third-order valence-corrected chi connectivity index (χ3v) is 5.51. The van der Waals surface area contributed by atoms with Gasteiger partial charge in [0, 0.05) is 6.54 Å². The van der Waals surface area contributed by atoms with E-state index in [-0.39, 0.29) is 31.3 Å². The van der Waals surface area contributed by atoms with Crippen molar-refractivity contribution in [3.8, 4) is 0 Å². The molecule has 0 aromatic carbocycles. The second kappa shape index (κ2) is 16.5. The number of carbonyl (C=O) groups excluding carboxylic acids is 4. The van der Waals surface area contributed by atoms with Gasteiger partial charge in [0.1, 0.15) is 18.1 Å². The Morgan fingerprint density at radius 3 is 1.91 bits per heavy atom. The number of amides is 4. The number of rotatable bonds is 17. The topological polar surface area (TPSA) is 258 Å². The van der Waals surface area contributed by atoms with Crippen LogP contribution in [0, 0.1) is 5.92 Å². The molecular formula is C20H38N8O6S. The van der Waals surface area contributed by atoms with Crippen LogP contribution in [0.3, 0.4) is 0 Å². The summed E-state index contributed by atoms with van der Waals surface area (Å²) in [5.74, 6) is -4.29. The van der Waals surface area contributed by atoms with Crippen molar-refractivity contribution in [3.63, 3.8) is 0 Å². The summed E-state index contributed by atoms with van der Waals surface area (Å²) >= 11 is 1.40. The van der Waals surface area contributed by atoms with Gasteiger partial charge in [-0.3, -0.25) is 24.2 Å². The molecule has 0 aliphatic heterocycles. The Labute approximate surface area is 208 Å². The minimum Gasteiger partial charge on any atom is -0.480 e. The van der Waals surface area contributed by atoms with E-state index in [9.17, 15) is 29.1 Å². The number of aliphatic carboxylic acids is 1. The number of nitrogens with one attached hydrogen (secondary N) is 3. The molecule has 0 bridgehead atoms. The molecule has 12 N–H and O–H groups in total. The number of nitrogens with zero attached hydrogens (tertiary/aromatic N) is 1. The molecule has 14 nitrogen and oxygen atoms in total. The lowest BCUT2D eigenvalue weighted by molar-refractivity contribution is -0.142. The van der Waals surface area contributed by atoms with Crippen molar-refractivity contribution in [2.24, 2.45) is 33.8 Å². The first-order chi connectivity index (χ1) is 16.3. The molecule has 0 aromatic heterocycles. The molecule has 0 aromatic rings. The number of hydrogen-bond donors (Lipinski definition) is 8. The van der Waals surface area contributed by atoms with Crippen molar-refractivity contribution in [1.29, 1.82) is 0 Å². The van der Waals surface area contributed by atoms with Crippen LogP contribution in [0.5, 0.6) is 0 Å². The third kappa shape index (κ3) is 13.4. The average molecular weight is 519 g/mol. The molecule has 0 aliphatic rings. The fraction of sp³-hybridized carbons (Fsp3) is 0.700. The molecule has 0 spiro atoms. The summed E-state index contributed by atoms with van der Waals surface area (Å²) in [5, 5.41) is 16.6. The zero-order valence-electron chi connectivity index (χ0n) is 20.3. The quantitative estimate of drug-likeness (QED) is 0.0556. The molecule has 0 fully saturated rings. The first-order valence-electron chi connectivity index (χ1n) is 11.0. The van der Waals surface area contributed by atoms with E-state index in [2.05, 4.69) is 20.9 Å². The molecule has 15 heteroatoms. The van der Waals surface area contributed by atoms with Gasteiger partial charge in [-0.05, 0) is 37.2 Å². The predicted octanol–water partition coefficient (Wildman–Crippen LogP) is -2.81. The highest BCUT2D eigenvalue weighted by Gasteiger charge is 2.31. The number of carboxylic acid groups (broad SMARTS) is 1. The van der Waals surface area contributed by atoms with Gasteiger partial charge in [0.15, 0.2) is 5.96 Å². The molecule has 200 valence electrons. The Balaban J connectivity index is 5.59. The molecule has 4 amide bonds. The van der Waals surface area contributed by atoms with Crippen molar-refractivity contribution in [1.82, 2.24) is 16.0 Å². The van der Waals surface area contributed by atoms with Crippen LogP contribution < -0.4 is 38.9 Å². The van der Waals surface area contributed by atoms with E-state index < -0.39 is 60.2 Å². The lowest BCUT2D eigenvalue weighted by atomic mass is 10.0. The number of carbonyl (C=O) groups is 5. The van der Waals surface area contributed by atoms with Gasteiger partial charge < -0.3 is 44.0 Å². The Kier molecular flexibility index (Phi) is 15.1.